The largest absolute Gasteiger partial charge is 0.483 e. The van der Waals surface area contributed by atoms with E-state index in [2.05, 4.69) is 11.4 Å². The van der Waals surface area contributed by atoms with Crippen molar-refractivity contribution >= 4 is 23.8 Å². The number of carbonyl (C=O) groups is 4. The maximum atomic E-state index is 12.4. The molecule has 0 bridgehead atoms. The van der Waals surface area contributed by atoms with E-state index in [9.17, 15) is 19.2 Å². The summed E-state index contributed by atoms with van der Waals surface area (Å²) >= 11 is 0. The number of hydrogen-bond acceptors (Lipinski definition) is 8. The smallest absolute Gasteiger partial charge is 0.308 e. The number of nitrogens with one attached hydrogen (secondary N) is 1. The van der Waals surface area contributed by atoms with Crippen molar-refractivity contribution in [1.82, 2.24) is 5.32 Å². The predicted octanol–water partition coefficient (Wildman–Crippen LogP) is 4.50. The predicted molar refractivity (Wildman–Crippen MR) is 140 cm³/mol. The molecule has 2 atom stereocenters. The van der Waals surface area contributed by atoms with E-state index in [4.69, 9.17) is 18.9 Å². The van der Waals surface area contributed by atoms with Crippen molar-refractivity contribution in [2.24, 2.45) is 0 Å². The first kappa shape index (κ1) is 28.9. The number of esters is 3. The van der Waals surface area contributed by atoms with Crippen LogP contribution >= 0.6 is 0 Å². The van der Waals surface area contributed by atoms with Gasteiger partial charge in [0, 0.05) is 44.9 Å². The molecule has 2 aliphatic heterocycles. The highest BCUT2D eigenvalue weighted by atomic mass is 16.6. The fourth-order valence-corrected chi connectivity index (χ4v) is 4.74. The summed E-state index contributed by atoms with van der Waals surface area (Å²) in [7, 11) is 0. The van der Waals surface area contributed by atoms with Crippen molar-refractivity contribution in [2.75, 3.05) is 6.61 Å². The standard InChI is InChI=1S/C29H37NO8/c1-17(2)9-7-10-21(16-35-18(3)31)11-8-12-29(6)26(37-20(5)33)14-23-25(36-19(4)32)13-22-24(27(23)38-29)15-30-28(22)34/h9,11,13,26H,7-8,10,12,14-16H2,1-6H3,(H,30,34)/b21-11-/t26-,29-/m0/s1. The molecule has 1 aromatic rings. The van der Waals surface area contributed by atoms with Gasteiger partial charge in [-0.1, -0.05) is 17.7 Å². The van der Waals surface area contributed by atoms with Crippen LogP contribution in [0, 0.1) is 0 Å². The Morgan fingerprint density at radius 3 is 2.42 bits per heavy atom. The summed E-state index contributed by atoms with van der Waals surface area (Å²) in [5.74, 6) is -0.874. The van der Waals surface area contributed by atoms with Gasteiger partial charge in [-0.15, -0.1) is 0 Å². The summed E-state index contributed by atoms with van der Waals surface area (Å²) in [5.41, 5.74) is 2.98. The Balaban J connectivity index is 1.92. The lowest BCUT2D eigenvalue weighted by molar-refractivity contribution is -0.161. The third-order valence-electron chi connectivity index (χ3n) is 6.64. The number of benzene rings is 1. The first-order valence-electron chi connectivity index (χ1n) is 12.9. The van der Waals surface area contributed by atoms with Crippen LogP contribution in [0.15, 0.2) is 29.4 Å². The van der Waals surface area contributed by atoms with Crippen LogP contribution in [-0.4, -0.2) is 42.1 Å². The van der Waals surface area contributed by atoms with Crippen molar-refractivity contribution in [1.29, 1.82) is 0 Å². The second-order valence-electron chi connectivity index (χ2n) is 10.2. The van der Waals surface area contributed by atoms with E-state index >= 15 is 0 Å². The second kappa shape index (κ2) is 12.3. The minimum absolute atomic E-state index is 0.215. The third-order valence-corrected chi connectivity index (χ3v) is 6.64. The normalized spacial score (nSPS) is 19.9. The Hall–Kier alpha value is -3.62. The highest BCUT2D eigenvalue weighted by Gasteiger charge is 2.46. The number of fused-ring (bicyclic) bond motifs is 3. The Morgan fingerprint density at radius 1 is 1.05 bits per heavy atom. The Bertz CT molecular complexity index is 1180. The molecule has 1 amide bonds. The molecule has 38 heavy (non-hydrogen) atoms. The second-order valence-corrected chi connectivity index (χ2v) is 10.2. The average molecular weight is 528 g/mol. The van der Waals surface area contributed by atoms with E-state index in [0.717, 1.165) is 18.4 Å². The summed E-state index contributed by atoms with van der Waals surface area (Å²) in [6, 6.07) is 1.55. The molecule has 206 valence electrons. The minimum atomic E-state index is -0.921. The maximum absolute atomic E-state index is 12.4. The molecule has 0 aromatic heterocycles. The van der Waals surface area contributed by atoms with Crippen molar-refractivity contribution in [3.8, 4) is 11.5 Å². The van der Waals surface area contributed by atoms with Crippen LogP contribution < -0.4 is 14.8 Å². The zero-order chi connectivity index (χ0) is 28.0. The molecule has 0 fully saturated rings. The third kappa shape index (κ3) is 7.24. The van der Waals surface area contributed by atoms with E-state index in [1.807, 2.05) is 26.8 Å². The Morgan fingerprint density at radius 2 is 1.79 bits per heavy atom. The van der Waals surface area contributed by atoms with Crippen LogP contribution in [0.3, 0.4) is 0 Å². The SMILES string of the molecule is CC(=O)OC/C(=C\CC[C@]1(C)Oc2c(c(OC(C)=O)cc3c2CNC3=O)C[C@@H]1OC(C)=O)CCC=C(C)C. The zero-order valence-electron chi connectivity index (χ0n) is 23.0. The number of rotatable bonds is 10. The lowest BCUT2D eigenvalue weighted by Gasteiger charge is -2.42. The van der Waals surface area contributed by atoms with Gasteiger partial charge >= 0.3 is 17.9 Å². The minimum Gasteiger partial charge on any atom is -0.483 e. The number of hydrogen-bond donors (Lipinski definition) is 1. The molecule has 0 spiro atoms. The van der Waals surface area contributed by atoms with Gasteiger partial charge in [0.1, 0.15) is 29.8 Å². The molecular formula is C29H37NO8. The molecule has 1 aromatic carbocycles. The first-order valence-corrected chi connectivity index (χ1v) is 12.9. The summed E-state index contributed by atoms with van der Waals surface area (Å²) in [6.07, 6.45) is 6.44. The molecule has 3 rings (SSSR count). The molecule has 0 saturated carbocycles. The van der Waals surface area contributed by atoms with Crippen LogP contribution in [0.25, 0.3) is 0 Å². The molecular weight excluding hydrogens is 490 g/mol. The highest BCUT2D eigenvalue weighted by Crippen LogP contribution is 2.46. The molecule has 2 aliphatic rings. The molecule has 1 N–H and O–H groups in total. The molecule has 0 aliphatic carbocycles. The molecule has 0 saturated heterocycles. The van der Waals surface area contributed by atoms with Crippen molar-refractivity contribution in [2.45, 2.75) is 91.9 Å². The Labute approximate surface area is 223 Å². The Kier molecular flexibility index (Phi) is 9.36. The number of amides is 1. The van der Waals surface area contributed by atoms with Crippen molar-refractivity contribution in [3.05, 3.63) is 46.1 Å². The molecule has 0 radical (unpaired) electrons. The van der Waals surface area contributed by atoms with Gasteiger partial charge in [0.2, 0.25) is 0 Å². The van der Waals surface area contributed by atoms with Crippen LogP contribution in [0.2, 0.25) is 0 Å². The van der Waals surface area contributed by atoms with Gasteiger partial charge < -0.3 is 24.3 Å². The number of ether oxygens (including phenoxy) is 4. The van der Waals surface area contributed by atoms with Crippen molar-refractivity contribution in [3.63, 3.8) is 0 Å². The topological polar surface area (TPSA) is 117 Å². The first-order chi connectivity index (χ1) is 17.9. The lowest BCUT2D eigenvalue weighted by Crippen LogP contribution is -2.51. The fourth-order valence-electron chi connectivity index (χ4n) is 4.74. The number of allylic oxidation sites excluding steroid dienone is 3. The zero-order valence-corrected chi connectivity index (χ0v) is 23.0. The van der Waals surface area contributed by atoms with Gasteiger partial charge in [0.05, 0.1) is 5.56 Å². The van der Waals surface area contributed by atoms with E-state index in [0.29, 0.717) is 41.8 Å². The quantitative estimate of drug-likeness (QED) is 0.269. The maximum Gasteiger partial charge on any atom is 0.308 e. The van der Waals surface area contributed by atoms with Crippen LogP contribution in [-0.2, 0) is 36.8 Å². The molecule has 9 heteroatoms. The lowest BCUT2D eigenvalue weighted by atomic mass is 9.83. The van der Waals surface area contributed by atoms with Gasteiger partial charge in [0.15, 0.2) is 0 Å². The summed E-state index contributed by atoms with van der Waals surface area (Å²) in [4.78, 5) is 47.6. The monoisotopic (exact) mass is 527 g/mol. The van der Waals surface area contributed by atoms with Gasteiger partial charge in [-0.2, -0.15) is 0 Å². The van der Waals surface area contributed by atoms with E-state index in [1.165, 1.54) is 26.3 Å². The van der Waals surface area contributed by atoms with Crippen LogP contribution in [0.5, 0.6) is 11.5 Å². The van der Waals surface area contributed by atoms with Crippen LogP contribution in [0.1, 0.15) is 88.7 Å². The van der Waals surface area contributed by atoms with Crippen LogP contribution in [0.4, 0.5) is 0 Å². The van der Waals surface area contributed by atoms with E-state index in [-0.39, 0.29) is 30.7 Å². The summed E-state index contributed by atoms with van der Waals surface area (Å²) < 4.78 is 22.9. The van der Waals surface area contributed by atoms with E-state index in [1.54, 1.807) is 6.07 Å². The summed E-state index contributed by atoms with van der Waals surface area (Å²) in [5, 5.41) is 2.79. The molecule has 0 unspecified atom stereocenters. The van der Waals surface area contributed by atoms with Gasteiger partial charge in [-0.25, -0.2) is 0 Å². The van der Waals surface area contributed by atoms with Gasteiger partial charge in [0.25, 0.3) is 5.91 Å². The van der Waals surface area contributed by atoms with E-state index < -0.39 is 23.6 Å². The van der Waals surface area contributed by atoms with Gasteiger partial charge in [-0.3, -0.25) is 19.2 Å². The van der Waals surface area contributed by atoms with Gasteiger partial charge in [-0.05, 0) is 58.1 Å². The molecule has 9 nitrogen and oxygen atoms in total. The highest BCUT2D eigenvalue weighted by molar-refractivity contribution is 6.00. The fraction of sp³-hybridized carbons (Fsp3) is 0.517. The van der Waals surface area contributed by atoms with Crippen molar-refractivity contribution < 1.29 is 38.1 Å². The average Bonchev–Trinajstić information content (AvgIpc) is 3.17. The number of carbonyl (C=O) groups excluding carboxylic acids is 4. The summed E-state index contributed by atoms with van der Waals surface area (Å²) in [6.45, 7) is 10.5. The molecule has 2 heterocycles.